The van der Waals surface area contributed by atoms with Crippen molar-refractivity contribution < 1.29 is 19.0 Å². The first-order chi connectivity index (χ1) is 15.5. The first-order valence-corrected chi connectivity index (χ1v) is 11.3. The zero-order chi connectivity index (χ0) is 23.3. The molecule has 0 atom stereocenters. The van der Waals surface area contributed by atoms with Crippen LogP contribution in [0.15, 0.2) is 4.99 Å². The Hall–Kier alpha value is -2.46. The number of unbranched alkanes of at least 4 members (excludes halogenated alkanes) is 2. The molecule has 2 N–H and O–H groups in total. The topological polar surface area (TPSA) is 115 Å². The quantitative estimate of drug-likeness (QED) is 0.198. The number of likely N-dealkylation sites (tertiary alicyclic amines) is 1. The summed E-state index contributed by atoms with van der Waals surface area (Å²) >= 11 is 0. The molecule has 1 aromatic heterocycles. The number of methoxy groups -OCH3 is 2. The highest BCUT2D eigenvalue weighted by atomic mass is 16.5. The third-order valence-electron chi connectivity index (χ3n) is 5.62. The maximum absolute atomic E-state index is 11.7. The van der Waals surface area contributed by atoms with Gasteiger partial charge in [-0.1, -0.05) is 13.3 Å². The number of hydrogen-bond donors (Lipinski definition) is 1. The zero-order valence-corrected chi connectivity index (χ0v) is 19.7. The van der Waals surface area contributed by atoms with Crippen molar-refractivity contribution >= 4 is 30.0 Å². The molecule has 0 unspecified atom stereocenters. The number of carbonyl (C=O) groups is 1. The molecule has 0 spiro atoms. The van der Waals surface area contributed by atoms with E-state index in [1.54, 1.807) is 7.11 Å². The van der Waals surface area contributed by atoms with Gasteiger partial charge in [0.05, 0.1) is 19.6 Å². The Morgan fingerprint density at radius 2 is 2.00 bits per heavy atom. The third-order valence-corrected chi connectivity index (χ3v) is 5.62. The summed E-state index contributed by atoms with van der Waals surface area (Å²) in [5, 5.41) is 0. The third kappa shape index (κ3) is 7.59. The van der Waals surface area contributed by atoms with E-state index >= 15 is 0 Å². The molecular weight excluding hydrogens is 412 g/mol. The van der Waals surface area contributed by atoms with E-state index in [2.05, 4.69) is 33.5 Å². The van der Waals surface area contributed by atoms with Crippen molar-refractivity contribution in [3.05, 3.63) is 0 Å². The van der Waals surface area contributed by atoms with Gasteiger partial charge in [0.25, 0.3) is 0 Å². The van der Waals surface area contributed by atoms with Crippen molar-refractivity contribution in [3.63, 3.8) is 0 Å². The number of aromatic nitrogens is 2. The van der Waals surface area contributed by atoms with Gasteiger partial charge in [0.2, 0.25) is 0 Å². The predicted molar refractivity (Wildman–Crippen MR) is 126 cm³/mol. The lowest BCUT2D eigenvalue weighted by molar-refractivity contribution is -0.147. The van der Waals surface area contributed by atoms with Gasteiger partial charge in [-0.15, -0.1) is 0 Å². The van der Waals surface area contributed by atoms with Crippen LogP contribution in [0.2, 0.25) is 0 Å². The SMILES string of the molecule is C=Nc1c(N)nc(OCCCC)nc1N(CCCCN1CCC(C(=O)OC)CC1)COC. The van der Waals surface area contributed by atoms with Gasteiger partial charge in [0.15, 0.2) is 11.6 Å². The highest BCUT2D eigenvalue weighted by Gasteiger charge is 2.25. The molecule has 0 aliphatic carbocycles. The first-order valence-electron chi connectivity index (χ1n) is 11.3. The molecule has 0 amide bonds. The van der Waals surface area contributed by atoms with Crippen LogP contribution in [0.5, 0.6) is 6.01 Å². The summed E-state index contributed by atoms with van der Waals surface area (Å²) in [6.07, 6.45) is 5.60. The molecule has 32 heavy (non-hydrogen) atoms. The summed E-state index contributed by atoms with van der Waals surface area (Å²) in [5.74, 6) is 0.759. The van der Waals surface area contributed by atoms with Crippen molar-refractivity contribution in [1.82, 2.24) is 14.9 Å². The average molecular weight is 451 g/mol. The number of ether oxygens (including phenoxy) is 3. The fourth-order valence-corrected chi connectivity index (χ4v) is 3.77. The van der Waals surface area contributed by atoms with Crippen LogP contribution in [0.3, 0.4) is 0 Å². The van der Waals surface area contributed by atoms with Gasteiger partial charge >= 0.3 is 12.0 Å². The van der Waals surface area contributed by atoms with Crippen LogP contribution < -0.4 is 15.4 Å². The molecule has 0 bridgehead atoms. The Labute approximate surface area is 191 Å². The maximum Gasteiger partial charge on any atom is 0.320 e. The maximum atomic E-state index is 11.7. The van der Waals surface area contributed by atoms with Crippen LogP contribution in [-0.2, 0) is 14.3 Å². The number of anilines is 2. The second-order valence-electron chi connectivity index (χ2n) is 7.95. The molecule has 1 saturated heterocycles. The van der Waals surface area contributed by atoms with Crippen LogP contribution in [0.1, 0.15) is 45.4 Å². The largest absolute Gasteiger partial charge is 0.469 e. The minimum absolute atomic E-state index is 0.0373. The summed E-state index contributed by atoms with van der Waals surface area (Å²) in [6.45, 7) is 10.2. The first kappa shape index (κ1) is 25.8. The molecule has 0 saturated carbocycles. The summed E-state index contributed by atoms with van der Waals surface area (Å²) in [5.41, 5.74) is 6.53. The van der Waals surface area contributed by atoms with Gasteiger partial charge in [-0.2, -0.15) is 9.97 Å². The van der Waals surface area contributed by atoms with Crippen LogP contribution in [0, 0.1) is 5.92 Å². The monoisotopic (exact) mass is 450 g/mol. The fraction of sp³-hybridized carbons (Fsp3) is 0.727. The van der Waals surface area contributed by atoms with Crippen molar-refractivity contribution in [2.24, 2.45) is 10.9 Å². The van der Waals surface area contributed by atoms with E-state index in [1.807, 2.05) is 4.90 Å². The standard InChI is InChI=1S/C22H38N6O4/c1-5-6-15-32-22-25-19(23)18(24-2)20(26-22)28(16-30-3)12-8-7-11-27-13-9-17(10-14-27)21(29)31-4/h17H,2,5-16H2,1,3-4H3,(H2,23,25,26). The number of nitrogens with zero attached hydrogens (tertiary/aromatic N) is 5. The van der Waals surface area contributed by atoms with Gasteiger partial charge in [-0.05, 0) is 58.5 Å². The highest BCUT2D eigenvalue weighted by molar-refractivity contribution is 5.75. The molecule has 1 aliphatic heterocycles. The lowest BCUT2D eigenvalue weighted by atomic mass is 9.97. The van der Waals surface area contributed by atoms with Crippen molar-refractivity contribution in [2.45, 2.75) is 45.4 Å². The summed E-state index contributed by atoms with van der Waals surface area (Å²) in [6, 6.07) is 0.243. The summed E-state index contributed by atoms with van der Waals surface area (Å²) < 4.78 is 15.9. The van der Waals surface area contributed by atoms with Crippen LogP contribution in [0.4, 0.5) is 17.3 Å². The number of piperidine rings is 1. The predicted octanol–water partition coefficient (Wildman–Crippen LogP) is 2.65. The smallest absolute Gasteiger partial charge is 0.320 e. The second-order valence-corrected chi connectivity index (χ2v) is 7.95. The molecule has 10 heteroatoms. The van der Waals surface area contributed by atoms with E-state index in [9.17, 15) is 4.79 Å². The lowest BCUT2D eigenvalue weighted by Crippen LogP contribution is -2.37. The molecule has 2 rings (SSSR count). The zero-order valence-electron chi connectivity index (χ0n) is 19.7. The second kappa shape index (κ2) is 13.8. The van der Waals surface area contributed by atoms with Crippen molar-refractivity contribution in [1.29, 1.82) is 0 Å². The van der Waals surface area contributed by atoms with Crippen LogP contribution >= 0.6 is 0 Å². The Balaban J connectivity index is 1.92. The molecule has 0 radical (unpaired) electrons. The van der Waals surface area contributed by atoms with Gasteiger partial charge in [0, 0.05) is 13.7 Å². The average Bonchev–Trinajstić information content (AvgIpc) is 2.80. The Morgan fingerprint density at radius 1 is 1.25 bits per heavy atom. The number of aliphatic imine (C=N–C) groups is 1. The molecule has 1 aromatic rings. The van der Waals surface area contributed by atoms with Gasteiger partial charge in [-0.25, -0.2) is 0 Å². The van der Waals surface area contributed by atoms with E-state index in [1.165, 1.54) is 7.11 Å². The summed E-state index contributed by atoms with van der Waals surface area (Å²) in [4.78, 5) is 28.9. The molecule has 10 nitrogen and oxygen atoms in total. The van der Waals surface area contributed by atoms with E-state index in [4.69, 9.17) is 19.9 Å². The Bertz CT molecular complexity index is 725. The van der Waals surface area contributed by atoms with Crippen molar-refractivity contribution in [3.8, 4) is 6.01 Å². The number of carbonyl (C=O) groups excluding carboxylic acids is 1. The van der Waals surface area contributed by atoms with Gasteiger partial charge in [0.1, 0.15) is 12.4 Å². The van der Waals surface area contributed by atoms with E-state index in [0.29, 0.717) is 24.8 Å². The number of esters is 1. The molecule has 0 aromatic carbocycles. The minimum Gasteiger partial charge on any atom is -0.469 e. The van der Waals surface area contributed by atoms with E-state index < -0.39 is 0 Å². The van der Waals surface area contributed by atoms with Crippen LogP contribution in [-0.4, -0.2) is 81.3 Å². The van der Waals surface area contributed by atoms with E-state index in [-0.39, 0.29) is 23.7 Å². The number of rotatable bonds is 14. The Kier molecular flexibility index (Phi) is 11.2. The van der Waals surface area contributed by atoms with E-state index in [0.717, 1.165) is 64.7 Å². The normalized spacial score (nSPS) is 14.8. The lowest BCUT2D eigenvalue weighted by Gasteiger charge is -2.31. The Morgan fingerprint density at radius 3 is 2.62 bits per heavy atom. The number of nitrogens with two attached hydrogens (primary N) is 1. The number of nitrogen functional groups attached to an aromatic ring is 1. The molecule has 180 valence electrons. The molecule has 1 fully saturated rings. The van der Waals surface area contributed by atoms with Crippen molar-refractivity contribution in [2.75, 3.05) is 64.4 Å². The van der Waals surface area contributed by atoms with Gasteiger partial charge in [-0.3, -0.25) is 9.79 Å². The van der Waals surface area contributed by atoms with Gasteiger partial charge < -0.3 is 29.7 Å². The number of hydrogen-bond acceptors (Lipinski definition) is 10. The highest BCUT2D eigenvalue weighted by Crippen LogP contribution is 2.33. The fourth-order valence-electron chi connectivity index (χ4n) is 3.77. The molecule has 2 heterocycles. The molecule has 1 aliphatic rings. The summed E-state index contributed by atoms with van der Waals surface area (Å²) in [7, 11) is 3.10. The minimum atomic E-state index is -0.0892. The molecular formula is C22H38N6O4. The van der Waals surface area contributed by atoms with Crippen LogP contribution in [0.25, 0.3) is 0 Å².